The average Bonchev–Trinajstić information content (AvgIpc) is 2.85. The summed E-state index contributed by atoms with van der Waals surface area (Å²) in [7, 11) is 0. The monoisotopic (exact) mass is 345 g/mol. The second-order valence-corrected chi connectivity index (χ2v) is 6.37. The molecule has 4 atom stereocenters. The summed E-state index contributed by atoms with van der Waals surface area (Å²) in [4.78, 5) is 30.5. The minimum Gasteiger partial charge on any atom is -0.394 e. The fourth-order valence-electron chi connectivity index (χ4n) is 2.38. The number of H-pyrrole nitrogens is 1. The van der Waals surface area contributed by atoms with Gasteiger partial charge in [-0.25, -0.2) is 10.7 Å². The average molecular weight is 345 g/mol. The van der Waals surface area contributed by atoms with E-state index in [1.807, 2.05) is 0 Å². The first-order valence-corrected chi connectivity index (χ1v) is 7.46. The summed E-state index contributed by atoms with van der Waals surface area (Å²) < 4.78 is 12.3. The van der Waals surface area contributed by atoms with Crippen LogP contribution in [0.25, 0.3) is 0 Å². The number of nitrogens with zero attached hydrogens (tertiary/aromatic N) is 1. The number of rotatable bonds is 6. The molecule has 136 valence electrons. The van der Waals surface area contributed by atoms with Crippen molar-refractivity contribution in [2.75, 3.05) is 13.2 Å². The molecule has 0 saturated carbocycles. The molecule has 1 aromatic rings. The molecule has 0 amide bonds. The first-order chi connectivity index (χ1) is 11.2. The van der Waals surface area contributed by atoms with Crippen LogP contribution in [0.1, 0.15) is 25.6 Å². The minimum atomic E-state index is -1.17. The van der Waals surface area contributed by atoms with Gasteiger partial charge in [0, 0.05) is 11.8 Å². The Bertz CT molecular complexity index is 684. The summed E-state index contributed by atoms with van der Waals surface area (Å²) in [5.41, 5.74) is -1.74. The molecule has 0 spiro atoms. The number of nitrogens with two attached hydrogens (primary N) is 1. The van der Waals surface area contributed by atoms with E-state index in [4.69, 9.17) is 20.2 Å². The lowest BCUT2D eigenvalue weighted by Gasteiger charge is -2.27. The number of aromatic amines is 1. The van der Waals surface area contributed by atoms with Crippen molar-refractivity contribution in [3.63, 3.8) is 0 Å². The smallest absolute Gasteiger partial charge is 0.330 e. The lowest BCUT2D eigenvalue weighted by atomic mass is 10.1. The van der Waals surface area contributed by atoms with Gasteiger partial charge in [0.15, 0.2) is 6.23 Å². The van der Waals surface area contributed by atoms with E-state index in [1.54, 1.807) is 13.8 Å². The van der Waals surface area contributed by atoms with Crippen molar-refractivity contribution in [2.24, 2.45) is 5.90 Å². The third kappa shape index (κ3) is 3.74. The van der Waals surface area contributed by atoms with Gasteiger partial charge in [-0.15, -0.1) is 0 Å². The molecule has 0 unspecified atom stereocenters. The van der Waals surface area contributed by atoms with E-state index in [-0.39, 0.29) is 6.61 Å². The SMILES string of the molecule is Cc1cn([C@@H]2O[C@H](CO)[C@@H](O)[C@H]2OCC(C)(C)ON)c(=O)[nH]c1=O. The molecule has 0 aliphatic carbocycles. The lowest BCUT2D eigenvalue weighted by Crippen LogP contribution is -2.43. The maximum absolute atomic E-state index is 12.1. The summed E-state index contributed by atoms with van der Waals surface area (Å²) in [5.74, 6) is 5.18. The fourth-order valence-corrected chi connectivity index (χ4v) is 2.38. The van der Waals surface area contributed by atoms with Crippen LogP contribution in [0.2, 0.25) is 0 Å². The Morgan fingerprint density at radius 2 is 2.12 bits per heavy atom. The van der Waals surface area contributed by atoms with E-state index >= 15 is 0 Å². The third-order valence-electron chi connectivity index (χ3n) is 3.86. The van der Waals surface area contributed by atoms with Gasteiger partial charge in [-0.1, -0.05) is 0 Å². The van der Waals surface area contributed by atoms with Gasteiger partial charge in [0.25, 0.3) is 5.56 Å². The first kappa shape index (κ1) is 18.8. The highest BCUT2D eigenvalue weighted by molar-refractivity contribution is 5.03. The van der Waals surface area contributed by atoms with E-state index in [0.29, 0.717) is 5.56 Å². The highest BCUT2D eigenvalue weighted by Gasteiger charge is 2.46. The fraction of sp³-hybridized carbons (Fsp3) is 0.714. The Morgan fingerprint density at radius 1 is 1.46 bits per heavy atom. The molecule has 24 heavy (non-hydrogen) atoms. The molecule has 1 aliphatic rings. The Hall–Kier alpha value is -1.56. The van der Waals surface area contributed by atoms with Gasteiger partial charge in [0.1, 0.15) is 23.9 Å². The summed E-state index contributed by atoms with van der Waals surface area (Å²) >= 11 is 0. The van der Waals surface area contributed by atoms with Crippen molar-refractivity contribution in [1.82, 2.24) is 9.55 Å². The third-order valence-corrected chi connectivity index (χ3v) is 3.86. The quantitative estimate of drug-likeness (QED) is 0.439. The molecule has 1 aliphatic heterocycles. The maximum Gasteiger partial charge on any atom is 0.330 e. The number of hydrogen-bond acceptors (Lipinski definition) is 8. The Kier molecular flexibility index (Phi) is 5.58. The van der Waals surface area contributed by atoms with Crippen LogP contribution in [0.3, 0.4) is 0 Å². The molecule has 1 saturated heterocycles. The normalized spacial score (nSPS) is 27.6. The molecule has 0 radical (unpaired) electrons. The molecule has 10 heteroatoms. The predicted octanol–water partition coefficient (Wildman–Crippen LogP) is -1.85. The number of aliphatic hydroxyl groups is 2. The molecule has 0 aromatic carbocycles. The highest BCUT2D eigenvalue weighted by Crippen LogP contribution is 2.31. The first-order valence-electron chi connectivity index (χ1n) is 7.46. The van der Waals surface area contributed by atoms with Crippen LogP contribution in [-0.4, -0.2) is 56.9 Å². The van der Waals surface area contributed by atoms with Crippen molar-refractivity contribution < 1.29 is 24.5 Å². The Morgan fingerprint density at radius 3 is 2.71 bits per heavy atom. The van der Waals surface area contributed by atoms with Gasteiger partial charge in [0.2, 0.25) is 0 Å². The zero-order chi connectivity index (χ0) is 18.1. The number of aromatic nitrogens is 2. The van der Waals surface area contributed by atoms with Crippen molar-refractivity contribution in [3.8, 4) is 0 Å². The van der Waals surface area contributed by atoms with Gasteiger partial charge in [-0.2, -0.15) is 0 Å². The molecule has 0 bridgehead atoms. The van der Waals surface area contributed by atoms with E-state index in [9.17, 15) is 19.8 Å². The molecular weight excluding hydrogens is 322 g/mol. The molecular formula is C14H23N3O7. The van der Waals surface area contributed by atoms with Gasteiger partial charge in [-0.05, 0) is 20.8 Å². The Labute approximate surface area is 137 Å². The molecule has 10 nitrogen and oxygen atoms in total. The molecule has 2 heterocycles. The van der Waals surface area contributed by atoms with Crippen molar-refractivity contribution >= 4 is 0 Å². The second kappa shape index (κ2) is 7.13. The number of aliphatic hydroxyl groups excluding tert-OH is 2. The molecule has 2 rings (SSSR count). The summed E-state index contributed by atoms with van der Waals surface area (Å²) in [6.45, 7) is 4.46. The van der Waals surface area contributed by atoms with Crippen molar-refractivity contribution in [2.45, 2.75) is 50.9 Å². The van der Waals surface area contributed by atoms with Crippen LogP contribution in [0.4, 0.5) is 0 Å². The van der Waals surface area contributed by atoms with E-state index in [0.717, 1.165) is 4.57 Å². The zero-order valence-electron chi connectivity index (χ0n) is 13.8. The maximum atomic E-state index is 12.1. The largest absolute Gasteiger partial charge is 0.394 e. The topological polar surface area (TPSA) is 149 Å². The number of nitrogens with one attached hydrogen (secondary N) is 1. The van der Waals surface area contributed by atoms with E-state index in [2.05, 4.69) is 4.98 Å². The van der Waals surface area contributed by atoms with Crippen LogP contribution in [0.15, 0.2) is 15.8 Å². The van der Waals surface area contributed by atoms with Crippen molar-refractivity contribution in [3.05, 3.63) is 32.6 Å². The van der Waals surface area contributed by atoms with E-state index < -0.39 is 48.0 Å². The van der Waals surface area contributed by atoms with E-state index in [1.165, 1.54) is 13.1 Å². The predicted molar refractivity (Wildman–Crippen MR) is 82.2 cm³/mol. The number of aryl methyl sites for hydroxylation is 1. The number of hydrogen-bond donors (Lipinski definition) is 4. The van der Waals surface area contributed by atoms with Crippen LogP contribution in [-0.2, 0) is 14.3 Å². The molecule has 1 fully saturated rings. The van der Waals surface area contributed by atoms with Crippen LogP contribution < -0.4 is 17.1 Å². The summed E-state index contributed by atoms with van der Waals surface area (Å²) in [6, 6.07) is 0. The molecule has 5 N–H and O–H groups in total. The van der Waals surface area contributed by atoms with Crippen LogP contribution >= 0.6 is 0 Å². The highest BCUT2D eigenvalue weighted by atomic mass is 16.7. The van der Waals surface area contributed by atoms with Gasteiger partial charge in [-0.3, -0.25) is 19.2 Å². The van der Waals surface area contributed by atoms with Gasteiger partial charge >= 0.3 is 5.69 Å². The second-order valence-electron chi connectivity index (χ2n) is 6.37. The van der Waals surface area contributed by atoms with Crippen LogP contribution in [0, 0.1) is 6.92 Å². The van der Waals surface area contributed by atoms with Gasteiger partial charge < -0.3 is 19.7 Å². The summed E-state index contributed by atoms with van der Waals surface area (Å²) in [6.07, 6.45) is -2.76. The van der Waals surface area contributed by atoms with Crippen molar-refractivity contribution in [1.29, 1.82) is 0 Å². The summed E-state index contributed by atoms with van der Waals surface area (Å²) in [5, 5.41) is 19.6. The Balaban J connectivity index is 2.33. The molecule has 1 aromatic heterocycles. The number of ether oxygens (including phenoxy) is 2. The lowest BCUT2D eigenvalue weighted by molar-refractivity contribution is -0.132. The zero-order valence-corrected chi connectivity index (χ0v) is 13.8. The van der Waals surface area contributed by atoms with Crippen LogP contribution in [0.5, 0.6) is 0 Å². The standard InChI is InChI=1S/C14H23N3O7/c1-7-4-17(13(21)16-11(7)20)12-10(9(19)8(5-18)23-12)22-6-14(2,3)24-15/h4,8-10,12,18-19H,5-6,15H2,1-3H3,(H,16,20,21)/t8-,9-,10-,12-/m1/s1. The minimum absolute atomic E-state index is 0.0142. The van der Waals surface area contributed by atoms with Gasteiger partial charge in [0.05, 0.1) is 13.2 Å².